The zero-order chi connectivity index (χ0) is 27.6. The van der Waals surface area contributed by atoms with Crippen LogP contribution in [-0.2, 0) is 33.2 Å². The summed E-state index contributed by atoms with van der Waals surface area (Å²) in [7, 11) is 0. The molecule has 0 aromatic heterocycles. The normalized spacial score (nSPS) is 48.5. The molecule has 4 rings (SSSR count). The molecule has 1 amide bonds. The Balaban J connectivity index is 1.54. The molecule has 0 aromatic rings. The first-order chi connectivity index (χ1) is 18.2. The Bertz CT molecular complexity index is 775. The van der Waals surface area contributed by atoms with Gasteiger partial charge in [-0.05, 0) is 38.5 Å². The molecule has 4 aliphatic rings. The van der Waals surface area contributed by atoms with Crippen LogP contribution >= 0.6 is 0 Å². The first kappa shape index (κ1) is 30.0. The average molecular weight is 550 g/mol. The van der Waals surface area contributed by atoms with Gasteiger partial charge >= 0.3 is 0 Å². The van der Waals surface area contributed by atoms with Crippen LogP contribution < -0.4 is 5.73 Å². The van der Waals surface area contributed by atoms with Crippen LogP contribution in [0, 0.1) is 5.92 Å². The average Bonchev–Trinajstić information content (AvgIpc) is 2.88. The third-order valence-electron chi connectivity index (χ3n) is 8.19. The molecule has 0 bridgehead atoms. The van der Waals surface area contributed by atoms with Gasteiger partial charge in [-0.25, -0.2) is 0 Å². The maximum atomic E-state index is 11.9. The molecular weight excluding hydrogens is 506 g/mol. The lowest BCUT2D eigenvalue weighted by atomic mass is 9.82. The number of hydrogen-bond acceptors (Lipinski definition) is 12. The van der Waals surface area contributed by atoms with E-state index in [-0.39, 0.29) is 12.5 Å². The molecule has 0 aromatic carbocycles. The number of carbonyl (C=O) groups excluding carboxylic acids is 1. The molecule has 0 spiro atoms. The molecule has 13 nitrogen and oxygen atoms in total. The van der Waals surface area contributed by atoms with Crippen LogP contribution in [-0.4, -0.2) is 124 Å². The predicted octanol–water partition coefficient (Wildman–Crippen LogP) is -1.71. The van der Waals surface area contributed by atoms with Crippen molar-refractivity contribution in [1.29, 1.82) is 0 Å². The van der Waals surface area contributed by atoms with Gasteiger partial charge in [-0.3, -0.25) is 4.79 Å². The lowest BCUT2D eigenvalue weighted by Crippen LogP contribution is -2.64. The Hall–Kier alpha value is -0.970. The molecule has 3 aliphatic heterocycles. The number of carbonyl (C=O) groups is 1. The summed E-state index contributed by atoms with van der Waals surface area (Å²) in [6.45, 7) is 3.35. The van der Waals surface area contributed by atoms with Crippen molar-refractivity contribution in [3.63, 3.8) is 0 Å². The molecule has 7 N–H and O–H groups in total. The minimum absolute atomic E-state index is 0.0382. The summed E-state index contributed by atoms with van der Waals surface area (Å²) in [5, 5.41) is 51.6. The lowest BCUT2D eigenvalue weighted by molar-refractivity contribution is -0.354. The summed E-state index contributed by atoms with van der Waals surface area (Å²) in [4.78, 5) is 11.9. The zero-order valence-corrected chi connectivity index (χ0v) is 21.9. The zero-order valence-electron chi connectivity index (χ0n) is 21.9. The smallest absolute Gasteiger partial charge is 0.246 e. The van der Waals surface area contributed by atoms with E-state index in [4.69, 9.17) is 34.2 Å². The fourth-order valence-corrected chi connectivity index (χ4v) is 5.88. The van der Waals surface area contributed by atoms with Crippen molar-refractivity contribution in [1.82, 2.24) is 0 Å². The monoisotopic (exact) mass is 549 g/mol. The SMILES string of the molecule is CC[C@@H]1CCC[C@@H](O[C@@H]2OC(CO)[C@H](O)C3O[C@@H](C(N)=O)CCCOC32)C1O[C@@H]1OC(C)[C@@H](O)C(O)[C@@H]1O. The van der Waals surface area contributed by atoms with Crippen LogP contribution in [0.1, 0.15) is 52.4 Å². The van der Waals surface area contributed by atoms with Gasteiger partial charge in [0.25, 0.3) is 0 Å². The van der Waals surface area contributed by atoms with E-state index in [1.165, 1.54) is 0 Å². The van der Waals surface area contributed by atoms with Gasteiger partial charge in [0.2, 0.25) is 5.91 Å². The highest BCUT2D eigenvalue weighted by Gasteiger charge is 2.51. The van der Waals surface area contributed by atoms with Gasteiger partial charge in [0.05, 0.1) is 24.9 Å². The molecule has 3 saturated heterocycles. The van der Waals surface area contributed by atoms with E-state index in [1.807, 2.05) is 6.92 Å². The van der Waals surface area contributed by atoms with Crippen molar-refractivity contribution >= 4 is 5.91 Å². The Morgan fingerprint density at radius 2 is 1.66 bits per heavy atom. The highest BCUT2D eigenvalue weighted by Crippen LogP contribution is 2.37. The quantitative estimate of drug-likeness (QED) is 0.210. The maximum absolute atomic E-state index is 11.9. The van der Waals surface area contributed by atoms with Crippen LogP contribution in [0.5, 0.6) is 0 Å². The van der Waals surface area contributed by atoms with E-state index < -0.39 is 92.2 Å². The molecule has 220 valence electrons. The molecule has 13 heteroatoms. The number of amides is 1. The minimum atomic E-state index is -1.46. The highest BCUT2D eigenvalue weighted by molar-refractivity contribution is 5.78. The Morgan fingerprint density at radius 3 is 2.34 bits per heavy atom. The summed E-state index contributed by atoms with van der Waals surface area (Å²) in [5.41, 5.74) is 5.50. The molecule has 14 atom stereocenters. The molecule has 1 aliphatic carbocycles. The fourth-order valence-electron chi connectivity index (χ4n) is 5.88. The topological polar surface area (TPSA) is 200 Å². The molecule has 4 fully saturated rings. The number of aliphatic hydroxyl groups excluding tert-OH is 5. The second-order valence-corrected chi connectivity index (χ2v) is 10.7. The van der Waals surface area contributed by atoms with Crippen LogP contribution in [0.3, 0.4) is 0 Å². The van der Waals surface area contributed by atoms with Gasteiger partial charge < -0.3 is 59.7 Å². The molecule has 3 heterocycles. The third-order valence-corrected chi connectivity index (χ3v) is 8.19. The molecule has 0 radical (unpaired) electrons. The van der Waals surface area contributed by atoms with Crippen LogP contribution in [0.4, 0.5) is 0 Å². The number of aliphatic hydroxyl groups is 5. The number of ether oxygens (including phenoxy) is 6. The summed E-state index contributed by atoms with van der Waals surface area (Å²) >= 11 is 0. The summed E-state index contributed by atoms with van der Waals surface area (Å²) < 4.78 is 36.2. The van der Waals surface area contributed by atoms with E-state index in [1.54, 1.807) is 6.92 Å². The van der Waals surface area contributed by atoms with Gasteiger partial charge in [0.1, 0.15) is 48.8 Å². The summed E-state index contributed by atoms with van der Waals surface area (Å²) in [5.74, 6) is -0.613. The number of fused-ring (bicyclic) bond motifs is 1. The van der Waals surface area contributed by atoms with Gasteiger partial charge in [-0.15, -0.1) is 0 Å². The minimum Gasteiger partial charge on any atom is -0.394 e. The van der Waals surface area contributed by atoms with Gasteiger partial charge in [-0.2, -0.15) is 0 Å². The number of nitrogens with two attached hydrogens (primary N) is 1. The Morgan fingerprint density at radius 1 is 0.895 bits per heavy atom. The highest BCUT2D eigenvalue weighted by atomic mass is 16.7. The van der Waals surface area contributed by atoms with Gasteiger partial charge in [0, 0.05) is 6.61 Å². The van der Waals surface area contributed by atoms with E-state index in [0.717, 1.165) is 19.3 Å². The van der Waals surface area contributed by atoms with E-state index in [2.05, 4.69) is 0 Å². The third kappa shape index (κ3) is 6.33. The molecule has 6 unspecified atom stereocenters. The molecular formula is C25H43NO12. The summed E-state index contributed by atoms with van der Waals surface area (Å²) in [6.07, 6.45) is -9.61. The van der Waals surface area contributed by atoms with Gasteiger partial charge in [-0.1, -0.05) is 19.8 Å². The van der Waals surface area contributed by atoms with E-state index in [0.29, 0.717) is 19.3 Å². The van der Waals surface area contributed by atoms with Crippen molar-refractivity contribution < 1.29 is 58.7 Å². The summed E-state index contributed by atoms with van der Waals surface area (Å²) in [6, 6.07) is 0. The van der Waals surface area contributed by atoms with Crippen LogP contribution in [0.15, 0.2) is 0 Å². The van der Waals surface area contributed by atoms with Crippen molar-refractivity contribution in [2.24, 2.45) is 11.7 Å². The number of primary amides is 1. The first-order valence-corrected chi connectivity index (χ1v) is 13.7. The van der Waals surface area contributed by atoms with Gasteiger partial charge in [0.15, 0.2) is 12.6 Å². The second kappa shape index (κ2) is 13.1. The lowest BCUT2D eigenvalue weighted by Gasteiger charge is -2.48. The van der Waals surface area contributed by atoms with Crippen molar-refractivity contribution in [2.45, 2.75) is 132 Å². The number of rotatable bonds is 7. The molecule has 1 saturated carbocycles. The van der Waals surface area contributed by atoms with Crippen LogP contribution in [0.25, 0.3) is 0 Å². The van der Waals surface area contributed by atoms with E-state index >= 15 is 0 Å². The van der Waals surface area contributed by atoms with Crippen LogP contribution in [0.2, 0.25) is 0 Å². The fraction of sp³-hybridized carbons (Fsp3) is 0.960. The first-order valence-electron chi connectivity index (χ1n) is 13.7. The van der Waals surface area contributed by atoms with Crippen molar-refractivity contribution in [3.05, 3.63) is 0 Å². The predicted molar refractivity (Wildman–Crippen MR) is 128 cm³/mol. The second-order valence-electron chi connectivity index (χ2n) is 10.7. The largest absolute Gasteiger partial charge is 0.394 e. The Kier molecular flexibility index (Phi) is 10.4. The van der Waals surface area contributed by atoms with Crippen molar-refractivity contribution in [2.75, 3.05) is 13.2 Å². The van der Waals surface area contributed by atoms with E-state index in [9.17, 15) is 30.3 Å². The maximum Gasteiger partial charge on any atom is 0.246 e. The standard InChI is InChI=1S/C25H43NO12/c1-3-12-6-4-7-13(20(12)38-24-19(31)18(30)16(28)11(2)34-24)36-25-22-21(17(29)15(10-27)37-25)35-14(23(26)32)8-5-9-33-22/h11-22,24-25,27-31H,3-10H2,1-2H3,(H2,26,32)/t11?,12-,13-,14-,15?,16-,17+,18?,19+,20?,21?,22?,24+,25-/m1/s1. The Labute approximate surface area is 222 Å². The van der Waals surface area contributed by atoms with Crippen molar-refractivity contribution in [3.8, 4) is 0 Å². The molecule has 38 heavy (non-hydrogen) atoms. The number of hydrogen-bond donors (Lipinski definition) is 6.